The summed E-state index contributed by atoms with van der Waals surface area (Å²) in [5.74, 6) is 2.82. The predicted octanol–water partition coefficient (Wildman–Crippen LogP) is 4.32. The molecule has 5 rings (SSSR count). The quantitative estimate of drug-likeness (QED) is 0.234. The van der Waals surface area contributed by atoms with Gasteiger partial charge in [0.05, 0.1) is 22.9 Å². The van der Waals surface area contributed by atoms with E-state index in [9.17, 15) is 4.79 Å². The zero-order chi connectivity index (χ0) is 22.8. The van der Waals surface area contributed by atoms with E-state index < -0.39 is 0 Å². The molecular formula is C23H23N5O4S. The van der Waals surface area contributed by atoms with Gasteiger partial charge in [-0.25, -0.2) is 4.98 Å². The highest BCUT2D eigenvalue weighted by molar-refractivity contribution is 7.98. The number of ether oxygens (including phenoxy) is 1. The summed E-state index contributed by atoms with van der Waals surface area (Å²) < 4.78 is 20.2. The summed E-state index contributed by atoms with van der Waals surface area (Å²) in [6, 6.07) is 11.1. The lowest BCUT2D eigenvalue weighted by Gasteiger charge is -2.11. The van der Waals surface area contributed by atoms with E-state index >= 15 is 0 Å². The second-order valence-electron chi connectivity index (χ2n) is 7.43. The van der Waals surface area contributed by atoms with Crippen molar-refractivity contribution in [2.24, 2.45) is 0 Å². The highest BCUT2D eigenvalue weighted by Gasteiger charge is 2.19. The molecule has 4 aromatic heterocycles. The van der Waals surface area contributed by atoms with E-state index in [4.69, 9.17) is 13.6 Å². The molecular weight excluding hydrogens is 442 g/mol. The lowest BCUT2D eigenvalue weighted by Crippen LogP contribution is -2.24. The number of hydrogen-bond donors (Lipinski definition) is 0. The van der Waals surface area contributed by atoms with Crippen LogP contribution in [0, 0.1) is 6.92 Å². The number of thioether (sulfide) groups is 1. The van der Waals surface area contributed by atoms with Gasteiger partial charge in [0.25, 0.3) is 11.4 Å². The van der Waals surface area contributed by atoms with Gasteiger partial charge in [0.1, 0.15) is 5.76 Å². The molecule has 0 saturated carbocycles. The first-order valence-electron chi connectivity index (χ1n) is 10.7. The van der Waals surface area contributed by atoms with Crippen LogP contribution in [0.25, 0.3) is 28.3 Å². The SMILES string of the molecule is CCOCCCn1c(=O)c2ccccc2n2c(SCc3nc(-c4ccco4)oc3C)nnc12. The van der Waals surface area contributed by atoms with Crippen LogP contribution in [0.2, 0.25) is 0 Å². The third kappa shape index (κ3) is 4.07. The molecule has 0 aliphatic carbocycles. The van der Waals surface area contributed by atoms with Crippen LogP contribution in [0.15, 0.2) is 61.4 Å². The topological polar surface area (TPSA) is 101 Å². The van der Waals surface area contributed by atoms with Crippen molar-refractivity contribution in [1.82, 2.24) is 24.1 Å². The maximum atomic E-state index is 13.2. The summed E-state index contributed by atoms with van der Waals surface area (Å²) in [4.78, 5) is 17.7. The van der Waals surface area contributed by atoms with Crippen molar-refractivity contribution < 1.29 is 13.6 Å². The fourth-order valence-corrected chi connectivity index (χ4v) is 4.64. The Hall–Kier alpha value is -3.37. The fraction of sp³-hybridized carbons (Fsp3) is 0.304. The molecule has 0 aliphatic rings. The van der Waals surface area contributed by atoms with Crippen molar-refractivity contribution >= 4 is 28.4 Å². The van der Waals surface area contributed by atoms with E-state index in [2.05, 4.69) is 15.2 Å². The molecule has 0 N–H and O–H groups in total. The van der Waals surface area contributed by atoms with Gasteiger partial charge in [-0.15, -0.1) is 10.2 Å². The van der Waals surface area contributed by atoms with Gasteiger partial charge in [-0.05, 0) is 44.5 Å². The third-order valence-electron chi connectivity index (χ3n) is 5.32. The number of nitrogens with zero attached hydrogens (tertiary/aromatic N) is 5. The fourth-order valence-electron chi connectivity index (χ4n) is 3.70. The standard InChI is InChI=1S/C23H23N5O4S/c1-3-30-12-7-11-27-21(29)16-8-4-5-9-18(16)28-22(27)25-26-23(28)33-14-17-15(2)32-20(24-17)19-10-6-13-31-19/h4-6,8-10,13H,3,7,11-12,14H2,1-2H3. The molecule has 0 aliphatic heterocycles. The Kier molecular flexibility index (Phi) is 6.01. The minimum Gasteiger partial charge on any atom is -0.459 e. The van der Waals surface area contributed by atoms with Crippen LogP contribution < -0.4 is 5.56 Å². The average molecular weight is 466 g/mol. The molecule has 9 nitrogen and oxygen atoms in total. The van der Waals surface area contributed by atoms with Crippen molar-refractivity contribution in [1.29, 1.82) is 0 Å². The smallest absolute Gasteiger partial charge is 0.263 e. The van der Waals surface area contributed by atoms with Crippen molar-refractivity contribution in [2.75, 3.05) is 13.2 Å². The first-order valence-corrected chi connectivity index (χ1v) is 11.7. The highest BCUT2D eigenvalue weighted by atomic mass is 32.2. The van der Waals surface area contributed by atoms with Gasteiger partial charge in [0.2, 0.25) is 5.78 Å². The second-order valence-corrected chi connectivity index (χ2v) is 8.37. The van der Waals surface area contributed by atoms with E-state index in [1.54, 1.807) is 16.9 Å². The molecule has 0 amide bonds. The van der Waals surface area contributed by atoms with Crippen LogP contribution in [0.3, 0.4) is 0 Å². The Labute approximate surface area is 193 Å². The largest absolute Gasteiger partial charge is 0.459 e. The number of hydrogen-bond acceptors (Lipinski definition) is 8. The minimum atomic E-state index is -0.0750. The normalized spacial score (nSPS) is 11.7. The van der Waals surface area contributed by atoms with E-state index in [1.165, 1.54) is 11.8 Å². The molecule has 4 heterocycles. The number of furan rings is 1. The molecule has 0 unspecified atom stereocenters. The summed E-state index contributed by atoms with van der Waals surface area (Å²) in [7, 11) is 0. The number of fused-ring (bicyclic) bond motifs is 3. The van der Waals surface area contributed by atoms with Crippen molar-refractivity contribution in [3.8, 4) is 11.7 Å². The molecule has 5 aromatic rings. The Bertz CT molecular complexity index is 1450. The van der Waals surface area contributed by atoms with Gasteiger partial charge in [0.15, 0.2) is 10.9 Å². The van der Waals surface area contributed by atoms with Crippen LogP contribution in [0.1, 0.15) is 24.8 Å². The molecule has 10 heteroatoms. The number of oxazole rings is 1. The average Bonchev–Trinajstić information content (AvgIpc) is 3.57. The Morgan fingerprint density at radius 3 is 2.85 bits per heavy atom. The van der Waals surface area contributed by atoms with Crippen molar-refractivity contribution in [3.63, 3.8) is 0 Å². The summed E-state index contributed by atoms with van der Waals surface area (Å²) >= 11 is 1.49. The molecule has 0 saturated heterocycles. The molecule has 33 heavy (non-hydrogen) atoms. The molecule has 170 valence electrons. The van der Waals surface area contributed by atoms with E-state index in [-0.39, 0.29) is 5.56 Å². The molecule has 0 bridgehead atoms. The van der Waals surface area contributed by atoms with Crippen LogP contribution in [-0.2, 0) is 17.0 Å². The monoisotopic (exact) mass is 465 g/mol. The molecule has 0 spiro atoms. The van der Waals surface area contributed by atoms with Gasteiger partial charge < -0.3 is 13.6 Å². The lowest BCUT2D eigenvalue weighted by molar-refractivity contribution is 0.141. The van der Waals surface area contributed by atoms with Crippen LogP contribution in [0.4, 0.5) is 0 Å². The Balaban J connectivity index is 1.49. The van der Waals surface area contributed by atoms with Gasteiger partial charge >= 0.3 is 0 Å². The predicted molar refractivity (Wildman–Crippen MR) is 124 cm³/mol. The molecule has 0 atom stereocenters. The van der Waals surface area contributed by atoms with E-state index in [1.807, 2.05) is 48.6 Å². The van der Waals surface area contributed by atoms with E-state index in [0.29, 0.717) is 59.9 Å². The first kappa shape index (κ1) is 21.5. The Morgan fingerprint density at radius 2 is 2.03 bits per heavy atom. The van der Waals surface area contributed by atoms with Gasteiger partial charge in [0, 0.05) is 25.5 Å². The lowest BCUT2D eigenvalue weighted by atomic mass is 10.2. The minimum absolute atomic E-state index is 0.0750. The van der Waals surface area contributed by atoms with Crippen LogP contribution in [-0.4, -0.2) is 37.4 Å². The number of para-hydroxylation sites is 1. The first-order chi connectivity index (χ1) is 16.2. The summed E-state index contributed by atoms with van der Waals surface area (Å²) in [5.41, 5.74) is 1.51. The zero-order valence-corrected chi connectivity index (χ0v) is 19.2. The van der Waals surface area contributed by atoms with Crippen molar-refractivity contribution in [3.05, 3.63) is 64.5 Å². The number of benzene rings is 1. The van der Waals surface area contributed by atoms with Crippen LogP contribution in [0.5, 0.6) is 0 Å². The van der Waals surface area contributed by atoms with Gasteiger partial charge in [-0.3, -0.25) is 13.8 Å². The molecule has 1 aromatic carbocycles. The second kappa shape index (κ2) is 9.24. The number of rotatable bonds is 9. The summed E-state index contributed by atoms with van der Waals surface area (Å²) in [6.07, 6.45) is 2.30. The van der Waals surface area contributed by atoms with Gasteiger partial charge in [-0.2, -0.15) is 0 Å². The maximum absolute atomic E-state index is 13.2. The molecule has 0 radical (unpaired) electrons. The van der Waals surface area contributed by atoms with Crippen molar-refractivity contribution in [2.45, 2.75) is 37.7 Å². The third-order valence-corrected chi connectivity index (χ3v) is 6.26. The molecule has 0 fully saturated rings. The summed E-state index contributed by atoms with van der Waals surface area (Å²) in [6.45, 7) is 5.57. The van der Waals surface area contributed by atoms with Gasteiger partial charge in [-0.1, -0.05) is 23.9 Å². The maximum Gasteiger partial charge on any atom is 0.263 e. The number of aryl methyl sites for hydroxylation is 2. The summed E-state index contributed by atoms with van der Waals surface area (Å²) in [5, 5.41) is 10.1. The number of aromatic nitrogens is 5. The highest BCUT2D eigenvalue weighted by Crippen LogP contribution is 2.28. The van der Waals surface area contributed by atoms with Crippen LogP contribution >= 0.6 is 11.8 Å². The Morgan fingerprint density at radius 1 is 1.15 bits per heavy atom. The zero-order valence-electron chi connectivity index (χ0n) is 18.4. The van der Waals surface area contributed by atoms with E-state index in [0.717, 1.165) is 17.0 Å².